The largest absolute Gasteiger partial charge is 1.00 e. The van der Waals surface area contributed by atoms with Gasteiger partial charge in [0.2, 0.25) is 0 Å². The summed E-state index contributed by atoms with van der Waals surface area (Å²) >= 11 is 10.2. The van der Waals surface area contributed by atoms with Gasteiger partial charge in [-0.15, -0.1) is 0 Å². The molecule has 0 unspecified atom stereocenters. The van der Waals surface area contributed by atoms with Gasteiger partial charge in [-0.3, -0.25) is 0 Å². The maximum Gasteiger partial charge on any atom is 1.00 e. The minimum absolute atomic E-state index is 0. The van der Waals surface area contributed by atoms with Crippen LogP contribution in [-0.4, -0.2) is 17.7 Å². The summed E-state index contributed by atoms with van der Waals surface area (Å²) in [6.45, 7) is 0. The number of nitrogens with zero attached hydrogens (tertiary/aromatic N) is 1. The molecule has 9 heteroatoms. The Morgan fingerprint density at radius 1 is 1.19 bits per heavy atom. The van der Waals surface area contributed by atoms with Gasteiger partial charge in [0.25, 0.3) is 10.0 Å². The molecule has 0 bridgehead atoms. The molecule has 1 rings (SSSR count). The Morgan fingerprint density at radius 3 is 1.94 bits per heavy atom. The van der Waals surface area contributed by atoms with Crippen molar-refractivity contribution in [1.29, 1.82) is 0 Å². The van der Waals surface area contributed by atoms with Crippen molar-refractivity contribution in [2.45, 2.75) is 4.90 Å². The second kappa shape index (κ2) is 6.20. The van der Waals surface area contributed by atoms with Crippen LogP contribution >= 0.6 is 23.6 Å². The molecule has 1 aromatic carbocycles. The molecule has 0 radical (unpaired) electrons. The van der Waals surface area contributed by atoms with Crippen LogP contribution in [0.2, 0.25) is 0 Å². The normalized spacial score (nSPS) is 10.9. The van der Waals surface area contributed by atoms with Gasteiger partial charge < -0.3 is 9.90 Å². The van der Waals surface area contributed by atoms with Crippen molar-refractivity contribution in [3.05, 3.63) is 29.8 Å². The van der Waals surface area contributed by atoms with E-state index in [-0.39, 0.29) is 43.4 Å². The summed E-state index contributed by atoms with van der Waals surface area (Å²) < 4.78 is 22.6. The molecule has 5 nitrogen and oxygen atoms in total. The second-order valence-corrected chi connectivity index (χ2v) is 5.53. The number of carbonyl (C=O) groups excluding carboxylic acids is 1. The van der Waals surface area contributed by atoms with E-state index >= 15 is 0 Å². The van der Waals surface area contributed by atoms with Crippen molar-refractivity contribution in [3.8, 4) is 0 Å². The fourth-order valence-electron chi connectivity index (χ4n) is 0.843. The average molecular weight is 292 g/mol. The fraction of sp³-hybridized carbons (Fsp3) is 0. The molecular weight excluding hydrogens is 288 g/mol. The van der Waals surface area contributed by atoms with Gasteiger partial charge in [-0.1, -0.05) is 12.1 Å². The van der Waals surface area contributed by atoms with E-state index in [0.717, 1.165) is 24.3 Å². The van der Waals surface area contributed by atoms with Crippen molar-refractivity contribution in [2.24, 2.45) is 0 Å². The smallest absolute Gasteiger partial charge is 0.545 e. The first-order chi connectivity index (χ1) is 6.85. The molecule has 0 aliphatic rings. The number of carbonyl (C=O) groups is 1. The summed E-state index contributed by atoms with van der Waals surface area (Å²) in [4.78, 5) is 10.2. The number of benzene rings is 1. The van der Waals surface area contributed by atoms with E-state index in [1.165, 1.54) is 0 Å². The average Bonchev–Trinajstić information content (AvgIpc) is 2.17. The molecular formula is C7H4Cl2NNaO4S. The third-order valence-electron chi connectivity index (χ3n) is 1.57. The predicted octanol–water partition coefficient (Wildman–Crippen LogP) is -2.65. The summed E-state index contributed by atoms with van der Waals surface area (Å²) in [6, 6.07) is 4.30. The number of halogens is 2. The van der Waals surface area contributed by atoms with Crippen LogP contribution in [-0.2, 0) is 10.0 Å². The van der Waals surface area contributed by atoms with Crippen molar-refractivity contribution < 1.29 is 47.9 Å². The first-order valence-corrected chi connectivity index (χ1v) is 5.65. The quantitative estimate of drug-likeness (QED) is 0.450. The van der Waals surface area contributed by atoms with Crippen LogP contribution in [0.15, 0.2) is 29.2 Å². The van der Waals surface area contributed by atoms with Gasteiger partial charge in [0, 0.05) is 23.6 Å². The predicted molar refractivity (Wildman–Crippen MR) is 51.5 cm³/mol. The van der Waals surface area contributed by atoms with Gasteiger partial charge in [-0.2, -0.15) is 0 Å². The Kier molecular flexibility index (Phi) is 6.27. The molecule has 0 fully saturated rings. The zero-order valence-corrected chi connectivity index (χ0v) is 12.4. The van der Waals surface area contributed by atoms with Crippen LogP contribution in [0.25, 0.3) is 0 Å². The summed E-state index contributed by atoms with van der Waals surface area (Å²) in [7, 11) is -3.97. The molecule has 0 spiro atoms. The van der Waals surface area contributed by atoms with Gasteiger partial charge in [0.15, 0.2) is 0 Å². The Balaban J connectivity index is 0.00000225. The van der Waals surface area contributed by atoms with Crippen LogP contribution in [0.1, 0.15) is 10.4 Å². The third kappa shape index (κ3) is 3.59. The molecule has 0 heterocycles. The Morgan fingerprint density at radius 2 is 1.62 bits per heavy atom. The van der Waals surface area contributed by atoms with Gasteiger partial charge in [-0.25, -0.2) is 8.42 Å². The first kappa shape index (κ1) is 16.2. The molecule has 0 N–H and O–H groups in total. The van der Waals surface area contributed by atoms with E-state index < -0.39 is 16.0 Å². The Bertz CT molecular complexity index is 474. The molecule has 0 saturated carbocycles. The molecule has 0 atom stereocenters. The zero-order chi connectivity index (χ0) is 11.6. The number of hydrogen-bond donors (Lipinski definition) is 0. The summed E-state index contributed by atoms with van der Waals surface area (Å²) in [6.07, 6.45) is 0. The van der Waals surface area contributed by atoms with Crippen LogP contribution in [0.4, 0.5) is 0 Å². The van der Waals surface area contributed by atoms with Crippen LogP contribution < -0.4 is 34.7 Å². The standard InChI is InChI=1S/C7H5Cl2NO4S.Na/c8-10(9)15(13,14)6-3-1-5(2-4-6)7(11)12;/h1-4H,(H,11,12);/q;+1/p-1. The molecule has 0 amide bonds. The zero-order valence-electron chi connectivity index (χ0n) is 8.05. The second-order valence-electron chi connectivity index (χ2n) is 2.49. The van der Waals surface area contributed by atoms with E-state index in [9.17, 15) is 18.3 Å². The number of sulfonamides is 1. The van der Waals surface area contributed by atoms with E-state index in [1.807, 2.05) is 0 Å². The van der Waals surface area contributed by atoms with Crippen molar-refractivity contribution in [3.63, 3.8) is 0 Å². The van der Waals surface area contributed by atoms with Crippen LogP contribution in [0.3, 0.4) is 0 Å². The maximum absolute atomic E-state index is 11.3. The third-order valence-corrected chi connectivity index (χ3v) is 3.89. The van der Waals surface area contributed by atoms with Crippen LogP contribution in [0.5, 0.6) is 0 Å². The van der Waals surface area contributed by atoms with E-state index in [0.29, 0.717) is 0 Å². The molecule has 0 aliphatic carbocycles. The van der Waals surface area contributed by atoms with Crippen molar-refractivity contribution in [2.75, 3.05) is 0 Å². The molecule has 0 saturated heterocycles. The summed E-state index contributed by atoms with van der Waals surface area (Å²) in [5.74, 6) is -1.40. The number of carboxylic acid groups (broad SMARTS) is 1. The van der Waals surface area contributed by atoms with Gasteiger partial charge >= 0.3 is 29.6 Å². The number of hydrogen-bond acceptors (Lipinski definition) is 4. The van der Waals surface area contributed by atoms with E-state index in [4.69, 9.17) is 23.6 Å². The van der Waals surface area contributed by atoms with Gasteiger partial charge in [0.1, 0.15) is 0 Å². The number of aromatic carboxylic acids is 1. The van der Waals surface area contributed by atoms with Crippen molar-refractivity contribution in [1.82, 2.24) is 3.34 Å². The van der Waals surface area contributed by atoms with Gasteiger partial charge in [0.05, 0.1) is 10.9 Å². The molecule has 16 heavy (non-hydrogen) atoms. The minimum atomic E-state index is -3.97. The molecule has 1 aromatic rings. The SMILES string of the molecule is O=C([O-])c1ccc(S(=O)(=O)N(Cl)Cl)cc1.[Na+]. The Hall–Kier alpha value is 0.180. The minimum Gasteiger partial charge on any atom is -0.545 e. The van der Waals surface area contributed by atoms with E-state index in [1.54, 1.807) is 0 Å². The fourth-order valence-corrected chi connectivity index (χ4v) is 1.96. The van der Waals surface area contributed by atoms with Gasteiger partial charge in [-0.05, 0) is 21.0 Å². The Labute approximate surface area is 125 Å². The number of rotatable bonds is 3. The number of carboxylic acids is 1. The molecule has 82 valence electrons. The van der Waals surface area contributed by atoms with E-state index in [2.05, 4.69) is 0 Å². The van der Waals surface area contributed by atoms with Crippen molar-refractivity contribution >= 4 is 39.5 Å². The monoisotopic (exact) mass is 291 g/mol. The summed E-state index contributed by atoms with van der Waals surface area (Å²) in [5.41, 5.74) is -0.135. The first-order valence-electron chi connectivity index (χ1n) is 3.54. The maximum atomic E-state index is 11.3. The topological polar surface area (TPSA) is 77.5 Å². The molecule has 0 aromatic heterocycles. The summed E-state index contributed by atoms with van der Waals surface area (Å²) in [5, 5.41) is 10.4. The molecule has 0 aliphatic heterocycles. The van der Waals surface area contributed by atoms with Crippen LogP contribution in [0, 0.1) is 0 Å².